The van der Waals surface area contributed by atoms with Crippen molar-refractivity contribution in [2.75, 3.05) is 7.11 Å². The summed E-state index contributed by atoms with van der Waals surface area (Å²) in [6.07, 6.45) is 1.77. The van der Waals surface area contributed by atoms with Gasteiger partial charge in [0, 0.05) is 5.56 Å². The van der Waals surface area contributed by atoms with E-state index in [-0.39, 0.29) is 11.4 Å². The predicted octanol–water partition coefficient (Wildman–Crippen LogP) is 4.09. The van der Waals surface area contributed by atoms with Gasteiger partial charge in [-0.15, -0.1) is 5.10 Å². The van der Waals surface area contributed by atoms with Gasteiger partial charge in [-0.1, -0.05) is 47.7 Å². The summed E-state index contributed by atoms with van der Waals surface area (Å²) in [5, 5.41) is 4.29. The van der Waals surface area contributed by atoms with E-state index in [1.54, 1.807) is 25.3 Å². The van der Waals surface area contributed by atoms with Crippen molar-refractivity contribution in [3.8, 4) is 22.9 Å². The molecule has 5 aromatic rings. The van der Waals surface area contributed by atoms with Crippen molar-refractivity contribution in [2.24, 2.45) is 0 Å². The Morgan fingerprint density at radius 1 is 1.03 bits per heavy atom. The second-order valence-electron chi connectivity index (χ2n) is 7.24. The predicted molar refractivity (Wildman–Crippen MR) is 125 cm³/mol. The van der Waals surface area contributed by atoms with E-state index >= 15 is 0 Å². The van der Waals surface area contributed by atoms with Crippen LogP contribution in [-0.2, 0) is 6.61 Å². The molecule has 2 aromatic heterocycles. The smallest absolute Gasteiger partial charge is 0.291 e. The third-order valence-electron chi connectivity index (χ3n) is 5.01. The summed E-state index contributed by atoms with van der Waals surface area (Å²) in [7, 11) is 1.58. The number of methoxy groups -OCH3 is 1. The number of thiazole rings is 1. The summed E-state index contributed by atoms with van der Waals surface area (Å²) >= 11 is 1.24. The molecule has 0 saturated carbocycles. The SMILES string of the molecule is COc1cc(C=c2sc3nc(-c4ccc(F)cc4)nn3c2=O)ccc1OCc1ccccc1. The fourth-order valence-corrected chi connectivity index (χ4v) is 4.24. The Hall–Kier alpha value is -4.04. The van der Waals surface area contributed by atoms with Gasteiger partial charge in [0.05, 0.1) is 11.6 Å². The van der Waals surface area contributed by atoms with Crippen LogP contribution in [0.15, 0.2) is 77.6 Å². The lowest BCUT2D eigenvalue weighted by atomic mass is 10.2. The third kappa shape index (κ3) is 4.33. The molecule has 0 bridgehead atoms. The number of ether oxygens (including phenoxy) is 2. The molecule has 0 spiro atoms. The van der Waals surface area contributed by atoms with E-state index in [1.807, 2.05) is 48.5 Å². The van der Waals surface area contributed by atoms with Gasteiger partial charge >= 0.3 is 0 Å². The van der Waals surface area contributed by atoms with Gasteiger partial charge < -0.3 is 9.47 Å². The van der Waals surface area contributed by atoms with Crippen LogP contribution in [0.4, 0.5) is 4.39 Å². The van der Waals surface area contributed by atoms with Gasteiger partial charge in [0.15, 0.2) is 17.3 Å². The lowest BCUT2D eigenvalue weighted by molar-refractivity contribution is 0.284. The van der Waals surface area contributed by atoms with Crippen LogP contribution in [0, 0.1) is 5.82 Å². The van der Waals surface area contributed by atoms with Crippen molar-refractivity contribution in [3.05, 3.63) is 105 Å². The van der Waals surface area contributed by atoms with E-state index in [0.717, 1.165) is 11.1 Å². The molecule has 6 nitrogen and oxygen atoms in total. The average molecular weight is 460 g/mol. The summed E-state index contributed by atoms with van der Waals surface area (Å²) in [5.41, 5.74) is 2.23. The molecule has 0 atom stereocenters. The number of fused-ring (bicyclic) bond motifs is 1. The Balaban J connectivity index is 1.42. The molecular weight excluding hydrogens is 441 g/mol. The van der Waals surface area contributed by atoms with E-state index < -0.39 is 0 Å². The lowest BCUT2D eigenvalue weighted by Gasteiger charge is -2.11. The van der Waals surface area contributed by atoms with Gasteiger partial charge in [-0.3, -0.25) is 4.79 Å². The Labute approximate surface area is 192 Å². The van der Waals surface area contributed by atoms with Crippen LogP contribution in [0.25, 0.3) is 22.4 Å². The van der Waals surface area contributed by atoms with Gasteiger partial charge in [-0.25, -0.2) is 4.39 Å². The van der Waals surface area contributed by atoms with Crippen molar-refractivity contribution < 1.29 is 13.9 Å². The summed E-state index contributed by atoms with van der Waals surface area (Å²) < 4.78 is 26.3. The van der Waals surface area contributed by atoms with Crippen molar-refractivity contribution in [1.29, 1.82) is 0 Å². The highest BCUT2D eigenvalue weighted by Gasteiger charge is 2.12. The van der Waals surface area contributed by atoms with Crippen LogP contribution in [0.2, 0.25) is 0 Å². The van der Waals surface area contributed by atoms with Crippen LogP contribution < -0.4 is 19.6 Å². The van der Waals surface area contributed by atoms with Gasteiger partial charge in [-0.05, 0) is 53.6 Å². The van der Waals surface area contributed by atoms with E-state index in [0.29, 0.717) is 39.0 Å². The molecule has 0 N–H and O–H groups in total. The van der Waals surface area contributed by atoms with Crippen LogP contribution in [-0.4, -0.2) is 21.7 Å². The first kappa shape index (κ1) is 20.8. The second-order valence-corrected chi connectivity index (χ2v) is 8.25. The number of halogens is 1. The monoisotopic (exact) mass is 459 g/mol. The molecule has 0 unspecified atom stereocenters. The molecule has 0 aliphatic carbocycles. The van der Waals surface area contributed by atoms with Crippen LogP contribution >= 0.6 is 11.3 Å². The Morgan fingerprint density at radius 3 is 2.55 bits per heavy atom. The number of nitrogens with zero attached hydrogens (tertiary/aromatic N) is 3. The number of hydrogen-bond donors (Lipinski definition) is 0. The maximum atomic E-state index is 13.2. The Bertz CT molecular complexity index is 1530. The van der Waals surface area contributed by atoms with E-state index in [4.69, 9.17) is 9.47 Å². The van der Waals surface area contributed by atoms with E-state index in [9.17, 15) is 9.18 Å². The highest BCUT2D eigenvalue weighted by atomic mass is 32.1. The quantitative estimate of drug-likeness (QED) is 0.383. The maximum absolute atomic E-state index is 13.2. The molecule has 3 aromatic carbocycles. The first-order valence-corrected chi connectivity index (χ1v) is 10.9. The molecule has 164 valence electrons. The fraction of sp³-hybridized carbons (Fsp3) is 0.0800. The van der Waals surface area contributed by atoms with Crippen molar-refractivity contribution in [1.82, 2.24) is 14.6 Å². The lowest BCUT2D eigenvalue weighted by Crippen LogP contribution is -2.23. The first-order chi connectivity index (χ1) is 16.1. The minimum atomic E-state index is -0.340. The zero-order valence-electron chi connectivity index (χ0n) is 17.6. The molecule has 0 saturated heterocycles. The second kappa shape index (κ2) is 8.84. The number of hydrogen-bond acceptors (Lipinski definition) is 6. The molecule has 33 heavy (non-hydrogen) atoms. The van der Waals surface area contributed by atoms with E-state index in [1.165, 1.54) is 28.0 Å². The molecule has 8 heteroatoms. The number of aromatic nitrogens is 3. The minimum Gasteiger partial charge on any atom is -0.493 e. The van der Waals surface area contributed by atoms with Crippen molar-refractivity contribution >= 4 is 22.4 Å². The number of rotatable bonds is 6. The Kier molecular flexibility index (Phi) is 5.58. The standard InChI is InChI=1S/C25H18FN3O3S/c1-31-21-13-17(7-12-20(21)32-15-16-5-3-2-4-6-16)14-22-24(30)29-25(33-22)27-23(28-29)18-8-10-19(26)11-9-18/h2-14H,15H2,1H3. The first-order valence-electron chi connectivity index (χ1n) is 10.1. The van der Waals surface area contributed by atoms with Gasteiger partial charge in [0.25, 0.3) is 5.56 Å². The van der Waals surface area contributed by atoms with Crippen LogP contribution in [0.5, 0.6) is 11.5 Å². The zero-order chi connectivity index (χ0) is 22.8. The summed E-state index contributed by atoms with van der Waals surface area (Å²) in [4.78, 5) is 17.7. The highest BCUT2D eigenvalue weighted by molar-refractivity contribution is 7.15. The zero-order valence-corrected chi connectivity index (χ0v) is 18.4. The molecule has 5 rings (SSSR count). The molecule has 0 aliphatic rings. The molecule has 0 fully saturated rings. The molecule has 0 aliphatic heterocycles. The molecular formula is C25H18FN3O3S. The molecule has 0 radical (unpaired) electrons. The van der Waals surface area contributed by atoms with Crippen LogP contribution in [0.3, 0.4) is 0 Å². The third-order valence-corrected chi connectivity index (χ3v) is 5.97. The Morgan fingerprint density at radius 2 is 1.82 bits per heavy atom. The fourth-order valence-electron chi connectivity index (χ4n) is 3.33. The average Bonchev–Trinajstić information content (AvgIpc) is 3.38. The van der Waals surface area contributed by atoms with Gasteiger partial charge in [-0.2, -0.15) is 9.50 Å². The van der Waals surface area contributed by atoms with E-state index in [2.05, 4.69) is 10.1 Å². The summed E-state index contributed by atoms with van der Waals surface area (Å²) in [5.74, 6) is 1.23. The van der Waals surface area contributed by atoms with Crippen LogP contribution in [0.1, 0.15) is 11.1 Å². The molecule has 0 amide bonds. The van der Waals surface area contributed by atoms with Gasteiger partial charge in [0.1, 0.15) is 12.4 Å². The topological polar surface area (TPSA) is 65.7 Å². The molecule has 2 heterocycles. The normalized spacial score (nSPS) is 11.8. The minimum absolute atomic E-state index is 0.265. The van der Waals surface area contributed by atoms with Crippen molar-refractivity contribution in [3.63, 3.8) is 0 Å². The van der Waals surface area contributed by atoms with Gasteiger partial charge in [0.2, 0.25) is 4.96 Å². The summed E-state index contributed by atoms with van der Waals surface area (Å²) in [6, 6.07) is 21.2. The maximum Gasteiger partial charge on any atom is 0.291 e. The summed E-state index contributed by atoms with van der Waals surface area (Å²) in [6.45, 7) is 0.426. The number of benzene rings is 3. The largest absolute Gasteiger partial charge is 0.493 e. The highest BCUT2D eigenvalue weighted by Crippen LogP contribution is 2.29. The van der Waals surface area contributed by atoms with Crippen molar-refractivity contribution in [2.45, 2.75) is 6.61 Å².